The summed E-state index contributed by atoms with van der Waals surface area (Å²) in [6, 6.07) is 11.5. The molecule has 2 atom stereocenters. The first-order chi connectivity index (χ1) is 15.9. The lowest BCUT2D eigenvalue weighted by atomic mass is 9.88. The maximum absolute atomic E-state index is 13.3. The van der Waals surface area contributed by atoms with E-state index in [2.05, 4.69) is 10.2 Å². The Morgan fingerprint density at radius 2 is 1.94 bits per heavy atom. The van der Waals surface area contributed by atoms with Gasteiger partial charge in [-0.15, -0.1) is 0 Å². The molecule has 2 aliphatic rings. The summed E-state index contributed by atoms with van der Waals surface area (Å²) in [6.07, 6.45) is 0.776. The maximum atomic E-state index is 13.3. The number of Topliss-reactive ketones (excluding diaryl/α,β-unsaturated/α-hetero) is 2. The molecule has 1 aliphatic carbocycles. The molecule has 8 nitrogen and oxygen atoms in total. The van der Waals surface area contributed by atoms with Gasteiger partial charge in [-0.3, -0.25) is 19.3 Å². The summed E-state index contributed by atoms with van der Waals surface area (Å²) >= 11 is 0. The highest BCUT2D eigenvalue weighted by molar-refractivity contribution is 6.17. The first-order valence-electron chi connectivity index (χ1n) is 10.8. The van der Waals surface area contributed by atoms with Crippen LogP contribution in [0.15, 0.2) is 42.5 Å². The number of aryl methyl sites for hydroxylation is 1. The smallest absolute Gasteiger partial charge is 0.414 e. The zero-order valence-corrected chi connectivity index (χ0v) is 18.2. The number of rotatable bonds is 5. The molecule has 2 amide bonds. The van der Waals surface area contributed by atoms with E-state index in [0.29, 0.717) is 48.3 Å². The number of carbonyl (C=O) groups excluding carboxylic acids is 4. The summed E-state index contributed by atoms with van der Waals surface area (Å²) in [7, 11) is 0. The van der Waals surface area contributed by atoms with Gasteiger partial charge in [-0.05, 0) is 43.0 Å². The van der Waals surface area contributed by atoms with Crippen LogP contribution in [0.5, 0.6) is 0 Å². The van der Waals surface area contributed by atoms with Crippen molar-refractivity contribution in [3.8, 4) is 0 Å². The molecule has 1 saturated heterocycles. The molecule has 1 N–H and O–H groups in total. The fraction of sp³-hybridized carbons (Fsp3) is 0.320. The van der Waals surface area contributed by atoms with Gasteiger partial charge >= 0.3 is 6.09 Å². The molecule has 0 saturated carbocycles. The zero-order valence-electron chi connectivity index (χ0n) is 18.2. The van der Waals surface area contributed by atoms with Crippen molar-refractivity contribution in [2.24, 2.45) is 5.92 Å². The predicted octanol–water partition coefficient (Wildman–Crippen LogP) is 3.72. The summed E-state index contributed by atoms with van der Waals surface area (Å²) in [6.45, 7) is 8.98. The quantitative estimate of drug-likeness (QED) is 0.327. The van der Waals surface area contributed by atoms with E-state index in [1.54, 1.807) is 36.4 Å². The number of nitrogens with one attached hydrogen (secondary N) is 1. The van der Waals surface area contributed by atoms with Gasteiger partial charge in [0.25, 0.3) is 0 Å². The Kier molecular flexibility index (Phi) is 6.22. The molecule has 0 bridgehead atoms. The van der Waals surface area contributed by atoms with Gasteiger partial charge in [0.1, 0.15) is 6.10 Å². The van der Waals surface area contributed by atoms with Crippen molar-refractivity contribution in [3.63, 3.8) is 0 Å². The summed E-state index contributed by atoms with van der Waals surface area (Å²) in [5.41, 5.74) is 2.78. The molecule has 33 heavy (non-hydrogen) atoms. The molecular weight excluding hydrogens is 422 g/mol. The van der Waals surface area contributed by atoms with Crippen molar-refractivity contribution in [2.45, 2.75) is 32.3 Å². The molecule has 1 fully saturated rings. The lowest BCUT2D eigenvalue weighted by Gasteiger charge is -2.16. The van der Waals surface area contributed by atoms with E-state index >= 15 is 0 Å². The minimum Gasteiger partial charge on any atom is -0.442 e. The Bertz CT molecular complexity index is 1170. The van der Waals surface area contributed by atoms with Crippen molar-refractivity contribution in [3.05, 3.63) is 70.6 Å². The number of carbonyl (C=O) groups is 4. The summed E-state index contributed by atoms with van der Waals surface area (Å²) in [4.78, 5) is 54.6. The van der Waals surface area contributed by atoms with E-state index < -0.39 is 18.1 Å². The van der Waals surface area contributed by atoms with E-state index in [0.717, 1.165) is 5.56 Å². The van der Waals surface area contributed by atoms with Gasteiger partial charge in [-0.1, -0.05) is 24.3 Å². The molecule has 8 heteroatoms. The third-order valence-electron chi connectivity index (χ3n) is 5.97. The fourth-order valence-electron chi connectivity index (χ4n) is 4.26. The van der Waals surface area contributed by atoms with Gasteiger partial charge in [-0.25, -0.2) is 9.64 Å². The van der Waals surface area contributed by atoms with Crippen LogP contribution < -0.4 is 10.2 Å². The van der Waals surface area contributed by atoms with Crippen molar-refractivity contribution in [2.75, 3.05) is 18.0 Å². The van der Waals surface area contributed by atoms with E-state index in [-0.39, 0.29) is 24.0 Å². The molecule has 0 aromatic heterocycles. The Hall–Kier alpha value is -3.99. The first-order valence-corrected chi connectivity index (χ1v) is 10.8. The van der Waals surface area contributed by atoms with E-state index in [4.69, 9.17) is 11.3 Å². The van der Waals surface area contributed by atoms with E-state index in [1.165, 1.54) is 11.8 Å². The van der Waals surface area contributed by atoms with Crippen LogP contribution >= 0.6 is 0 Å². The largest absolute Gasteiger partial charge is 0.442 e. The number of ether oxygens (including phenoxy) is 1. The monoisotopic (exact) mass is 445 g/mol. The highest BCUT2D eigenvalue weighted by Gasteiger charge is 2.35. The normalized spacial score (nSPS) is 19.8. The SMILES string of the molecule is [C-]#[N+]c1ccc(C(=O)C2CCCc3cc(N4C[C@H](CNC(C)=O)OC4=O)ccc3C2=O)cc1. The molecule has 0 radical (unpaired) electrons. The highest BCUT2D eigenvalue weighted by Crippen LogP contribution is 2.31. The van der Waals surface area contributed by atoms with Gasteiger partial charge in [0.05, 0.1) is 25.6 Å². The molecule has 2 aromatic carbocycles. The summed E-state index contributed by atoms with van der Waals surface area (Å²) < 4.78 is 5.32. The number of fused-ring (bicyclic) bond motifs is 1. The second-order valence-electron chi connectivity index (χ2n) is 8.23. The van der Waals surface area contributed by atoms with E-state index in [9.17, 15) is 19.2 Å². The number of amides is 2. The Morgan fingerprint density at radius 3 is 2.64 bits per heavy atom. The molecule has 168 valence electrons. The number of anilines is 1. The van der Waals surface area contributed by atoms with Gasteiger partial charge in [0.2, 0.25) is 5.91 Å². The summed E-state index contributed by atoms with van der Waals surface area (Å²) in [5, 5.41) is 2.65. The van der Waals surface area contributed by atoms with Crippen molar-refractivity contribution in [1.82, 2.24) is 5.32 Å². The van der Waals surface area contributed by atoms with Crippen LogP contribution in [0.2, 0.25) is 0 Å². The van der Waals surface area contributed by atoms with Crippen LogP contribution in [0.3, 0.4) is 0 Å². The molecule has 4 rings (SSSR count). The molecular formula is C25H23N3O5. The van der Waals surface area contributed by atoms with Crippen LogP contribution in [0.1, 0.15) is 46.0 Å². The lowest BCUT2D eigenvalue weighted by molar-refractivity contribution is -0.119. The topological polar surface area (TPSA) is 97.1 Å². The average Bonchev–Trinajstić information content (AvgIpc) is 3.11. The predicted molar refractivity (Wildman–Crippen MR) is 121 cm³/mol. The van der Waals surface area contributed by atoms with Crippen molar-refractivity contribution < 1.29 is 23.9 Å². The number of ketones is 2. The van der Waals surface area contributed by atoms with Gasteiger partial charge < -0.3 is 10.1 Å². The second-order valence-corrected chi connectivity index (χ2v) is 8.23. The minimum atomic E-state index is -0.769. The van der Waals surface area contributed by atoms with Crippen LogP contribution in [0.4, 0.5) is 16.2 Å². The summed E-state index contributed by atoms with van der Waals surface area (Å²) in [5.74, 6) is -1.42. The minimum absolute atomic E-state index is 0.195. The zero-order chi connectivity index (χ0) is 23.5. The van der Waals surface area contributed by atoms with E-state index in [1.807, 2.05) is 6.07 Å². The number of nitrogens with zero attached hydrogens (tertiary/aromatic N) is 2. The number of benzene rings is 2. The molecule has 1 aliphatic heterocycles. The van der Waals surface area contributed by atoms with Gasteiger partial charge in [0, 0.05) is 23.7 Å². The molecule has 1 unspecified atom stereocenters. The molecule has 2 aromatic rings. The Balaban J connectivity index is 1.53. The fourth-order valence-corrected chi connectivity index (χ4v) is 4.26. The number of cyclic esters (lactones) is 1. The first kappa shape index (κ1) is 22.2. The average molecular weight is 445 g/mol. The Morgan fingerprint density at radius 1 is 1.18 bits per heavy atom. The van der Waals surface area contributed by atoms with Crippen molar-refractivity contribution >= 4 is 34.9 Å². The second kappa shape index (κ2) is 9.25. The van der Waals surface area contributed by atoms with Crippen LogP contribution in [-0.2, 0) is 16.0 Å². The number of hydrogen-bond donors (Lipinski definition) is 1. The van der Waals surface area contributed by atoms with Crippen LogP contribution in [-0.4, -0.2) is 42.8 Å². The maximum Gasteiger partial charge on any atom is 0.414 e. The van der Waals surface area contributed by atoms with Gasteiger partial charge in [-0.2, -0.15) is 0 Å². The Labute approximate surface area is 191 Å². The van der Waals surface area contributed by atoms with Crippen LogP contribution in [0.25, 0.3) is 4.85 Å². The van der Waals surface area contributed by atoms with Crippen LogP contribution in [0, 0.1) is 12.5 Å². The third-order valence-corrected chi connectivity index (χ3v) is 5.97. The number of hydrogen-bond acceptors (Lipinski definition) is 5. The molecule has 0 spiro atoms. The highest BCUT2D eigenvalue weighted by atomic mass is 16.6. The van der Waals surface area contributed by atoms with Crippen molar-refractivity contribution in [1.29, 1.82) is 0 Å². The molecule has 1 heterocycles. The van der Waals surface area contributed by atoms with Gasteiger partial charge in [0.15, 0.2) is 17.3 Å². The lowest BCUT2D eigenvalue weighted by Crippen LogP contribution is -2.33. The third kappa shape index (κ3) is 4.62. The standard InChI is InChI=1S/C25H23N3O5/c1-15(29)27-13-20-14-28(25(32)33-20)19-10-11-21-17(12-19)4-3-5-22(24(21)31)23(30)16-6-8-18(26-2)9-7-16/h6-12,20,22H,3-5,13-14H2,1H3,(H,27,29)/t20-,22?/m0/s1.